The molecule has 2 fully saturated rings. The number of rotatable bonds is 6. The minimum absolute atomic E-state index is 0.137. The number of hydrogen-bond donors (Lipinski definition) is 2. The van der Waals surface area contributed by atoms with E-state index in [1.807, 2.05) is 35.0 Å². The van der Waals surface area contributed by atoms with E-state index >= 15 is 0 Å². The van der Waals surface area contributed by atoms with Gasteiger partial charge < -0.3 is 15.5 Å². The van der Waals surface area contributed by atoms with Crippen molar-refractivity contribution in [2.75, 3.05) is 36.4 Å². The van der Waals surface area contributed by atoms with Crippen molar-refractivity contribution in [3.63, 3.8) is 0 Å². The highest BCUT2D eigenvalue weighted by Crippen LogP contribution is 2.40. The number of hydrogen-bond acceptors (Lipinski definition) is 6. The van der Waals surface area contributed by atoms with Crippen molar-refractivity contribution in [1.29, 1.82) is 0 Å². The number of benzene rings is 2. The van der Waals surface area contributed by atoms with Gasteiger partial charge in [-0.25, -0.2) is 14.3 Å². The van der Waals surface area contributed by atoms with E-state index < -0.39 is 0 Å². The molecule has 2 aliphatic rings. The molecule has 0 saturated carbocycles. The van der Waals surface area contributed by atoms with E-state index in [1.54, 1.807) is 17.0 Å². The van der Waals surface area contributed by atoms with Crippen LogP contribution in [0.5, 0.6) is 0 Å². The molecule has 2 aromatic heterocycles. The maximum atomic E-state index is 13.1. The summed E-state index contributed by atoms with van der Waals surface area (Å²) in [6, 6.07) is 18.2. The van der Waals surface area contributed by atoms with Crippen molar-refractivity contribution in [2.24, 2.45) is 5.41 Å². The van der Waals surface area contributed by atoms with Gasteiger partial charge in [0.05, 0.1) is 12.2 Å². The SMILES string of the molecule is C=CCn1c(=O)c2cnc(Nc3ccc(N4CCC5(CCNCC5)CC4)cc3)nc2n1-c1ccccc1. The second-order valence-electron chi connectivity index (χ2n) is 10.2. The van der Waals surface area contributed by atoms with E-state index in [-0.39, 0.29) is 5.56 Å². The van der Waals surface area contributed by atoms with Crippen LogP contribution in [0, 0.1) is 5.41 Å². The van der Waals surface area contributed by atoms with E-state index in [4.69, 9.17) is 4.98 Å². The Balaban J connectivity index is 1.22. The van der Waals surface area contributed by atoms with Crippen LogP contribution in [0.2, 0.25) is 0 Å². The van der Waals surface area contributed by atoms with Gasteiger partial charge in [-0.1, -0.05) is 24.3 Å². The van der Waals surface area contributed by atoms with Crippen LogP contribution < -0.4 is 21.1 Å². The van der Waals surface area contributed by atoms with E-state index in [1.165, 1.54) is 31.4 Å². The van der Waals surface area contributed by atoms with Gasteiger partial charge in [0, 0.05) is 30.7 Å². The van der Waals surface area contributed by atoms with Crippen molar-refractivity contribution < 1.29 is 0 Å². The van der Waals surface area contributed by atoms with Crippen molar-refractivity contribution >= 4 is 28.4 Å². The maximum Gasteiger partial charge on any atom is 0.278 e. The number of anilines is 3. The van der Waals surface area contributed by atoms with Gasteiger partial charge in [-0.3, -0.25) is 4.79 Å². The van der Waals surface area contributed by atoms with Gasteiger partial charge in [-0.2, -0.15) is 4.98 Å². The second kappa shape index (κ2) is 9.86. The summed E-state index contributed by atoms with van der Waals surface area (Å²) in [5, 5.41) is 7.30. The van der Waals surface area contributed by atoms with Gasteiger partial charge in [0.2, 0.25) is 5.95 Å². The molecule has 2 N–H and O–H groups in total. The summed E-state index contributed by atoms with van der Waals surface area (Å²) < 4.78 is 3.47. The van der Waals surface area contributed by atoms with Crippen molar-refractivity contribution in [3.8, 4) is 5.69 Å². The average Bonchev–Trinajstić information content (AvgIpc) is 3.21. The molecule has 6 rings (SSSR count). The molecule has 2 aromatic carbocycles. The Morgan fingerprint density at radius 2 is 1.70 bits per heavy atom. The average molecular weight is 496 g/mol. The largest absolute Gasteiger partial charge is 0.371 e. The summed E-state index contributed by atoms with van der Waals surface area (Å²) in [4.78, 5) is 24.7. The Kier molecular flexibility index (Phi) is 6.26. The number of nitrogens with zero attached hydrogens (tertiary/aromatic N) is 5. The normalized spacial score (nSPS) is 17.2. The monoisotopic (exact) mass is 495 g/mol. The summed E-state index contributed by atoms with van der Waals surface area (Å²) >= 11 is 0. The molecule has 4 heterocycles. The topological polar surface area (TPSA) is 80.0 Å². The highest BCUT2D eigenvalue weighted by Gasteiger charge is 2.35. The van der Waals surface area contributed by atoms with Gasteiger partial charge in [0.1, 0.15) is 5.39 Å². The first-order valence-corrected chi connectivity index (χ1v) is 13.1. The first-order valence-electron chi connectivity index (χ1n) is 13.1. The predicted molar refractivity (Wildman–Crippen MR) is 149 cm³/mol. The third kappa shape index (κ3) is 4.53. The van der Waals surface area contributed by atoms with Crippen LogP contribution in [0.4, 0.5) is 17.3 Å². The molecular weight excluding hydrogens is 462 g/mol. The van der Waals surface area contributed by atoms with Gasteiger partial charge in [0.25, 0.3) is 5.56 Å². The Hall–Kier alpha value is -3.91. The number of nitrogens with one attached hydrogen (secondary N) is 2. The standard InChI is InChI=1S/C29H33N7O/c1-2-18-35-27(37)25-21-31-28(33-26(25)36(35)24-6-4-3-5-7-24)32-22-8-10-23(11-9-22)34-19-14-29(15-20-34)12-16-30-17-13-29/h2-11,21,30H,1,12-20H2,(H,31,32,33). The lowest BCUT2D eigenvalue weighted by Gasteiger charge is -2.45. The van der Waals surface area contributed by atoms with Crippen LogP contribution in [0.3, 0.4) is 0 Å². The molecule has 0 aliphatic carbocycles. The lowest BCUT2D eigenvalue weighted by atomic mass is 9.71. The Morgan fingerprint density at radius 3 is 2.41 bits per heavy atom. The summed E-state index contributed by atoms with van der Waals surface area (Å²) in [6.45, 7) is 8.74. The van der Waals surface area contributed by atoms with E-state index in [0.29, 0.717) is 28.9 Å². The van der Waals surface area contributed by atoms with Crippen LogP contribution in [-0.4, -0.2) is 45.5 Å². The maximum absolute atomic E-state index is 13.1. The van der Waals surface area contributed by atoms with Crippen molar-refractivity contribution in [2.45, 2.75) is 32.2 Å². The molecule has 0 unspecified atom stereocenters. The van der Waals surface area contributed by atoms with E-state index in [9.17, 15) is 4.79 Å². The van der Waals surface area contributed by atoms with Gasteiger partial charge >= 0.3 is 0 Å². The molecule has 0 bridgehead atoms. The fraction of sp³-hybridized carbons (Fsp3) is 0.345. The molecule has 0 atom stereocenters. The molecule has 8 nitrogen and oxygen atoms in total. The molecule has 4 aromatic rings. The lowest BCUT2D eigenvalue weighted by Crippen LogP contribution is -2.45. The first kappa shape index (κ1) is 23.5. The lowest BCUT2D eigenvalue weighted by molar-refractivity contribution is 0.155. The smallest absolute Gasteiger partial charge is 0.278 e. The third-order valence-electron chi connectivity index (χ3n) is 7.96. The summed E-state index contributed by atoms with van der Waals surface area (Å²) in [6.07, 6.45) is 8.48. The van der Waals surface area contributed by atoms with Crippen LogP contribution in [-0.2, 0) is 6.54 Å². The minimum atomic E-state index is -0.137. The molecule has 1 spiro atoms. The van der Waals surface area contributed by atoms with Crippen molar-refractivity contribution in [3.05, 3.63) is 83.8 Å². The highest BCUT2D eigenvalue weighted by atomic mass is 16.1. The zero-order chi connectivity index (χ0) is 25.2. The predicted octanol–water partition coefficient (Wildman–Crippen LogP) is 4.48. The fourth-order valence-corrected chi connectivity index (χ4v) is 5.79. The zero-order valence-electron chi connectivity index (χ0n) is 21.1. The van der Waals surface area contributed by atoms with Crippen molar-refractivity contribution in [1.82, 2.24) is 24.6 Å². The Morgan fingerprint density at radius 1 is 0.973 bits per heavy atom. The third-order valence-corrected chi connectivity index (χ3v) is 7.96. The molecule has 2 aliphatic heterocycles. The van der Waals surface area contributed by atoms with Gasteiger partial charge in [-0.05, 0) is 80.6 Å². The summed E-state index contributed by atoms with van der Waals surface area (Å²) in [5.74, 6) is 0.450. The molecule has 0 radical (unpaired) electrons. The number of allylic oxidation sites excluding steroid dienone is 1. The van der Waals surface area contributed by atoms with Gasteiger partial charge in [0.15, 0.2) is 5.65 Å². The zero-order valence-corrected chi connectivity index (χ0v) is 21.1. The van der Waals surface area contributed by atoms with Crippen LogP contribution in [0.1, 0.15) is 25.7 Å². The molecule has 2 saturated heterocycles. The Labute approximate surface area is 216 Å². The number of fused-ring (bicyclic) bond motifs is 1. The fourth-order valence-electron chi connectivity index (χ4n) is 5.79. The highest BCUT2D eigenvalue weighted by molar-refractivity contribution is 5.77. The Bertz CT molecular complexity index is 1440. The van der Waals surface area contributed by atoms with Crippen LogP contribution in [0.15, 0.2) is 78.2 Å². The summed E-state index contributed by atoms with van der Waals surface area (Å²) in [5.41, 5.74) is 4.00. The van der Waals surface area contributed by atoms with E-state index in [2.05, 4.69) is 51.4 Å². The van der Waals surface area contributed by atoms with Crippen LogP contribution in [0.25, 0.3) is 16.7 Å². The number of aromatic nitrogens is 4. The quantitative estimate of drug-likeness (QED) is 0.384. The number of para-hydroxylation sites is 1. The molecule has 0 amide bonds. The van der Waals surface area contributed by atoms with Crippen LogP contribution >= 0.6 is 0 Å². The number of piperidine rings is 2. The molecular formula is C29H33N7O. The van der Waals surface area contributed by atoms with E-state index in [0.717, 1.165) is 37.6 Å². The molecule has 37 heavy (non-hydrogen) atoms. The van der Waals surface area contributed by atoms with Gasteiger partial charge in [-0.15, -0.1) is 6.58 Å². The second-order valence-corrected chi connectivity index (χ2v) is 10.2. The summed E-state index contributed by atoms with van der Waals surface area (Å²) in [7, 11) is 0. The molecule has 8 heteroatoms. The first-order chi connectivity index (χ1) is 18.2. The minimum Gasteiger partial charge on any atom is -0.371 e. The molecule has 190 valence electrons.